The van der Waals surface area contributed by atoms with Gasteiger partial charge in [0.05, 0.1) is 12.2 Å². The highest BCUT2D eigenvalue weighted by molar-refractivity contribution is 5.94. The molecule has 166 valence electrons. The third-order valence-corrected chi connectivity index (χ3v) is 7.12. The summed E-state index contributed by atoms with van der Waals surface area (Å²) in [7, 11) is 0. The molecule has 0 radical (unpaired) electrons. The molecular weight excluding hydrogens is 404 g/mol. The van der Waals surface area contributed by atoms with E-state index in [0.717, 1.165) is 36.9 Å². The average molecular weight is 433 g/mol. The molecule has 0 bridgehead atoms. The molecule has 1 saturated carbocycles. The minimum Gasteiger partial charge on any atom is -0.447 e. The Hall–Kier alpha value is -3.22. The molecule has 1 aromatic carbocycles. The summed E-state index contributed by atoms with van der Waals surface area (Å²) >= 11 is 0. The van der Waals surface area contributed by atoms with Crippen LogP contribution >= 0.6 is 0 Å². The van der Waals surface area contributed by atoms with Gasteiger partial charge in [0, 0.05) is 29.8 Å². The van der Waals surface area contributed by atoms with E-state index < -0.39 is 6.09 Å². The van der Waals surface area contributed by atoms with E-state index in [2.05, 4.69) is 10.1 Å². The smallest absolute Gasteiger partial charge is 0.416 e. The van der Waals surface area contributed by atoms with Crippen LogP contribution in [0.2, 0.25) is 0 Å². The fourth-order valence-electron chi connectivity index (χ4n) is 5.27. The molecule has 1 saturated heterocycles. The van der Waals surface area contributed by atoms with Crippen molar-refractivity contribution in [1.29, 1.82) is 0 Å². The summed E-state index contributed by atoms with van der Waals surface area (Å²) in [5, 5.41) is 4.42. The molecule has 7 nitrogen and oxygen atoms in total. The SMILES string of the molecule is C[C@@H](C(=O)N1C(=O)OC[C@H]1Cc1ccccc1)C1CCC(c2ccnc3ccnn23)CC1. The Morgan fingerprint density at radius 2 is 1.88 bits per heavy atom. The predicted molar refractivity (Wildman–Crippen MR) is 119 cm³/mol. The number of benzene rings is 1. The lowest BCUT2D eigenvalue weighted by atomic mass is 9.75. The van der Waals surface area contributed by atoms with Gasteiger partial charge in [0.1, 0.15) is 6.61 Å². The zero-order valence-corrected chi connectivity index (χ0v) is 18.3. The highest BCUT2D eigenvalue weighted by Gasteiger charge is 2.42. The minimum absolute atomic E-state index is 0.102. The van der Waals surface area contributed by atoms with Gasteiger partial charge in [-0.2, -0.15) is 5.10 Å². The van der Waals surface area contributed by atoms with Crippen LogP contribution in [0.1, 0.15) is 49.8 Å². The predicted octanol–water partition coefficient (Wildman–Crippen LogP) is 4.23. The number of hydrogen-bond donors (Lipinski definition) is 0. The van der Waals surface area contributed by atoms with Gasteiger partial charge in [0.15, 0.2) is 5.65 Å². The fraction of sp³-hybridized carbons (Fsp3) is 0.440. The lowest BCUT2D eigenvalue weighted by Gasteiger charge is -2.33. The molecule has 0 unspecified atom stereocenters. The van der Waals surface area contributed by atoms with Gasteiger partial charge in [-0.1, -0.05) is 37.3 Å². The van der Waals surface area contributed by atoms with Crippen molar-refractivity contribution in [1.82, 2.24) is 19.5 Å². The Balaban J connectivity index is 1.24. The Morgan fingerprint density at radius 3 is 2.66 bits per heavy atom. The van der Waals surface area contributed by atoms with Crippen molar-refractivity contribution >= 4 is 17.6 Å². The van der Waals surface area contributed by atoms with Crippen molar-refractivity contribution in [3.8, 4) is 0 Å². The maximum atomic E-state index is 13.3. The zero-order valence-electron chi connectivity index (χ0n) is 18.3. The first-order chi connectivity index (χ1) is 15.6. The van der Waals surface area contributed by atoms with E-state index in [-0.39, 0.29) is 30.4 Å². The van der Waals surface area contributed by atoms with Crippen molar-refractivity contribution in [2.45, 2.75) is 51.0 Å². The van der Waals surface area contributed by atoms with Crippen LogP contribution < -0.4 is 0 Å². The molecule has 7 heteroatoms. The number of aromatic nitrogens is 3. The zero-order chi connectivity index (χ0) is 22.1. The number of amides is 2. The van der Waals surface area contributed by atoms with Crippen molar-refractivity contribution < 1.29 is 14.3 Å². The molecule has 2 atom stereocenters. The first kappa shape index (κ1) is 20.7. The lowest BCUT2D eigenvalue weighted by Crippen LogP contribution is -2.45. The second kappa shape index (κ2) is 8.73. The van der Waals surface area contributed by atoms with Gasteiger partial charge in [-0.05, 0) is 49.7 Å². The summed E-state index contributed by atoms with van der Waals surface area (Å²) in [6.07, 6.45) is 7.64. The second-order valence-corrected chi connectivity index (χ2v) is 9.00. The quantitative estimate of drug-likeness (QED) is 0.603. The van der Waals surface area contributed by atoms with Gasteiger partial charge in [-0.15, -0.1) is 0 Å². The molecular formula is C25H28N4O3. The van der Waals surface area contributed by atoms with Crippen LogP contribution in [0, 0.1) is 11.8 Å². The summed E-state index contributed by atoms with van der Waals surface area (Å²) in [5.41, 5.74) is 3.15. The maximum absolute atomic E-state index is 13.3. The van der Waals surface area contributed by atoms with E-state index in [0.29, 0.717) is 12.3 Å². The van der Waals surface area contributed by atoms with Crippen LogP contribution in [0.25, 0.3) is 5.65 Å². The number of ether oxygens (including phenoxy) is 1. The van der Waals surface area contributed by atoms with Gasteiger partial charge in [-0.3, -0.25) is 4.79 Å². The van der Waals surface area contributed by atoms with Crippen molar-refractivity contribution in [2.24, 2.45) is 11.8 Å². The van der Waals surface area contributed by atoms with Gasteiger partial charge < -0.3 is 4.74 Å². The molecule has 2 aliphatic rings. The molecule has 1 aliphatic carbocycles. The summed E-state index contributed by atoms with van der Waals surface area (Å²) in [5.74, 6) is 0.360. The van der Waals surface area contributed by atoms with Crippen molar-refractivity contribution in [2.75, 3.05) is 6.61 Å². The maximum Gasteiger partial charge on any atom is 0.416 e. The van der Waals surface area contributed by atoms with Gasteiger partial charge in [-0.25, -0.2) is 19.2 Å². The van der Waals surface area contributed by atoms with E-state index >= 15 is 0 Å². The molecule has 3 aromatic rings. The van der Waals surface area contributed by atoms with Crippen LogP contribution in [-0.4, -0.2) is 44.1 Å². The van der Waals surface area contributed by atoms with E-state index in [1.807, 2.05) is 60.1 Å². The average Bonchev–Trinajstić information content (AvgIpc) is 3.45. The Bertz CT molecular complexity index is 1100. The lowest BCUT2D eigenvalue weighted by molar-refractivity contribution is -0.135. The summed E-state index contributed by atoms with van der Waals surface area (Å²) < 4.78 is 7.19. The molecule has 3 heterocycles. The third-order valence-electron chi connectivity index (χ3n) is 7.12. The topological polar surface area (TPSA) is 76.8 Å². The Morgan fingerprint density at radius 1 is 1.09 bits per heavy atom. The normalized spacial score (nSPS) is 24.5. The number of imide groups is 1. The molecule has 5 rings (SSSR count). The van der Waals surface area contributed by atoms with E-state index in [9.17, 15) is 9.59 Å². The number of carbonyl (C=O) groups excluding carboxylic acids is 2. The van der Waals surface area contributed by atoms with E-state index in [1.165, 1.54) is 10.6 Å². The monoisotopic (exact) mass is 432 g/mol. The number of fused-ring (bicyclic) bond motifs is 1. The van der Waals surface area contributed by atoms with Gasteiger partial charge >= 0.3 is 6.09 Å². The highest BCUT2D eigenvalue weighted by Crippen LogP contribution is 2.39. The van der Waals surface area contributed by atoms with Crippen LogP contribution in [-0.2, 0) is 16.0 Å². The second-order valence-electron chi connectivity index (χ2n) is 9.00. The molecule has 2 aromatic heterocycles. The number of hydrogen-bond acceptors (Lipinski definition) is 5. The first-order valence-corrected chi connectivity index (χ1v) is 11.4. The van der Waals surface area contributed by atoms with Crippen molar-refractivity contribution in [3.05, 3.63) is 66.1 Å². The number of nitrogens with zero attached hydrogens (tertiary/aromatic N) is 4. The molecule has 32 heavy (non-hydrogen) atoms. The molecule has 2 amide bonds. The number of rotatable bonds is 5. The Labute approximate surface area is 187 Å². The Kier molecular flexibility index (Phi) is 5.64. The molecule has 2 fully saturated rings. The summed E-state index contributed by atoms with van der Waals surface area (Å²) in [6.45, 7) is 2.23. The van der Waals surface area contributed by atoms with Crippen LogP contribution in [0.5, 0.6) is 0 Å². The fourth-order valence-corrected chi connectivity index (χ4v) is 5.27. The highest BCUT2D eigenvalue weighted by atomic mass is 16.6. The molecule has 1 aliphatic heterocycles. The van der Waals surface area contributed by atoms with Gasteiger partial charge in [0.25, 0.3) is 0 Å². The first-order valence-electron chi connectivity index (χ1n) is 11.4. The van der Waals surface area contributed by atoms with Crippen LogP contribution in [0.3, 0.4) is 0 Å². The number of carbonyl (C=O) groups is 2. The third kappa shape index (κ3) is 3.87. The number of cyclic esters (lactones) is 1. The standard InChI is InChI=1S/C25H28N4O3/c1-17(24(30)28-21(16-32-25(28)31)15-18-5-3-2-4-6-18)19-7-9-20(10-8-19)22-11-13-26-23-12-14-27-29(22)23/h2-6,11-14,17,19-21H,7-10,15-16H2,1H3/t17-,19?,20?,21-/m1/s1. The minimum atomic E-state index is -0.505. The molecule has 0 N–H and O–H groups in total. The largest absolute Gasteiger partial charge is 0.447 e. The van der Waals surface area contributed by atoms with E-state index in [4.69, 9.17) is 4.74 Å². The molecule has 0 spiro atoms. The van der Waals surface area contributed by atoms with Crippen LogP contribution in [0.15, 0.2) is 54.9 Å². The van der Waals surface area contributed by atoms with Crippen molar-refractivity contribution in [3.63, 3.8) is 0 Å². The van der Waals surface area contributed by atoms with Gasteiger partial charge in [0.2, 0.25) is 5.91 Å². The van der Waals surface area contributed by atoms with Crippen LogP contribution in [0.4, 0.5) is 4.79 Å². The summed E-state index contributed by atoms with van der Waals surface area (Å²) in [6, 6.07) is 13.7. The summed E-state index contributed by atoms with van der Waals surface area (Å²) in [4.78, 5) is 31.5. The van der Waals surface area contributed by atoms with E-state index in [1.54, 1.807) is 6.20 Å².